The highest BCUT2D eigenvalue weighted by Crippen LogP contribution is 2.34. The maximum Gasteiger partial charge on any atom is 0.275 e. The Kier molecular flexibility index (Phi) is 4.43. The van der Waals surface area contributed by atoms with Crippen molar-refractivity contribution >= 4 is 5.91 Å². The molecule has 2 aliphatic rings. The minimum absolute atomic E-state index is 0.0674. The fraction of sp³-hybridized carbons (Fsp3) is 0.429. The number of amides is 1. The van der Waals surface area contributed by atoms with Crippen molar-refractivity contribution in [1.82, 2.24) is 29.9 Å². The predicted octanol–water partition coefficient (Wildman–Crippen LogP) is 2.59. The maximum atomic E-state index is 13.5. The lowest BCUT2D eigenvalue weighted by molar-refractivity contribution is 0.0522. The van der Waals surface area contributed by atoms with Crippen molar-refractivity contribution < 1.29 is 9.53 Å². The minimum Gasteiger partial charge on any atom is -0.376 e. The predicted molar refractivity (Wildman–Crippen MR) is 106 cm³/mol. The number of hydrogen-bond acceptors (Lipinski definition) is 5. The van der Waals surface area contributed by atoms with Crippen molar-refractivity contribution in [3.8, 4) is 11.4 Å². The smallest absolute Gasteiger partial charge is 0.275 e. The van der Waals surface area contributed by atoms with Gasteiger partial charge in [-0.1, -0.05) is 44.2 Å². The first-order valence-corrected chi connectivity index (χ1v) is 10.1. The largest absolute Gasteiger partial charge is 0.376 e. The Morgan fingerprint density at radius 1 is 1.24 bits per heavy atom. The van der Waals surface area contributed by atoms with Crippen LogP contribution >= 0.6 is 0 Å². The SMILES string of the molecule is CC(C)[C@H]1c2nc(-c3ccccc3)nn2CCN1C(=O)c1n[nH]c2c1COCC2. The van der Waals surface area contributed by atoms with Crippen LogP contribution in [-0.4, -0.2) is 48.9 Å². The third kappa shape index (κ3) is 3.04. The molecular formula is C21H24N6O2. The van der Waals surface area contributed by atoms with Crippen molar-refractivity contribution in [2.75, 3.05) is 13.2 Å². The molecule has 0 saturated carbocycles. The molecule has 1 amide bonds. The van der Waals surface area contributed by atoms with Gasteiger partial charge in [0.15, 0.2) is 17.3 Å². The average Bonchev–Trinajstić information content (AvgIpc) is 3.37. The number of H-pyrrole nitrogens is 1. The molecule has 0 saturated heterocycles. The van der Waals surface area contributed by atoms with Gasteiger partial charge in [-0.25, -0.2) is 9.67 Å². The van der Waals surface area contributed by atoms with Crippen molar-refractivity contribution in [1.29, 1.82) is 0 Å². The van der Waals surface area contributed by atoms with E-state index in [-0.39, 0.29) is 17.9 Å². The molecule has 0 unspecified atom stereocenters. The van der Waals surface area contributed by atoms with Gasteiger partial charge in [0.2, 0.25) is 0 Å². The van der Waals surface area contributed by atoms with Gasteiger partial charge in [-0.05, 0) is 5.92 Å². The Labute approximate surface area is 168 Å². The van der Waals surface area contributed by atoms with Gasteiger partial charge in [0.1, 0.15) is 0 Å². The Morgan fingerprint density at radius 3 is 2.86 bits per heavy atom. The van der Waals surface area contributed by atoms with E-state index in [0.29, 0.717) is 37.8 Å². The van der Waals surface area contributed by atoms with Crippen molar-refractivity contribution in [3.63, 3.8) is 0 Å². The van der Waals surface area contributed by atoms with Crippen molar-refractivity contribution in [3.05, 3.63) is 53.1 Å². The lowest BCUT2D eigenvalue weighted by atomic mass is 9.98. The van der Waals surface area contributed by atoms with Crippen LogP contribution in [0.2, 0.25) is 0 Å². The highest BCUT2D eigenvalue weighted by atomic mass is 16.5. The summed E-state index contributed by atoms with van der Waals surface area (Å²) in [5, 5.41) is 12.1. The van der Waals surface area contributed by atoms with Crippen LogP contribution < -0.4 is 0 Å². The number of carbonyl (C=O) groups is 1. The fourth-order valence-corrected chi connectivity index (χ4v) is 4.24. The molecule has 1 atom stereocenters. The monoisotopic (exact) mass is 392 g/mol. The summed E-state index contributed by atoms with van der Waals surface area (Å²) < 4.78 is 7.50. The summed E-state index contributed by atoms with van der Waals surface area (Å²) in [5.41, 5.74) is 3.35. The van der Waals surface area contributed by atoms with Crippen LogP contribution in [0.25, 0.3) is 11.4 Å². The second-order valence-corrected chi connectivity index (χ2v) is 7.90. The van der Waals surface area contributed by atoms with Crippen LogP contribution in [0.5, 0.6) is 0 Å². The molecular weight excluding hydrogens is 368 g/mol. The molecule has 1 aromatic carbocycles. The first kappa shape index (κ1) is 18.1. The normalized spacial score (nSPS) is 18.6. The number of ether oxygens (including phenoxy) is 1. The summed E-state index contributed by atoms with van der Waals surface area (Å²) in [6.45, 7) is 6.51. The molecule has 2 aromatic heterocycles. The van der Waals surface area contributed by atoms with Gasteiger partial charge in [-0.2, -0.15) is 10.2 Å². The van der Waals surface area contributed by atoms with Gasteiger partial charge < -0.3 is 9.64 Å². The van der Waals surface area contributed by atoms with Crippen molar-refractivity contribution in [2.45, 2.75) is 39.5 Å². The summed E-state index contributed by atoms with van der Waals surface area (Å²) in [7, 11) is 0. The van der Waals surface area contributed by atoms with Crippen LogP contribution in [-0.2, 0) is 24.3 Å². The van der Waals surface area contributed by atoms with Crippen LogP contribution in [0.3, 0.4) is 0 Å². The number of nitrogens with zero attached hydrogens (tertiary/aromatic N) is 5. The third-order valence-electron chi connectivity index (χ3n) is 5.68. The number of nitrogens with one attached hydrogen (secondary N) is 1. The van der Waals surface area contributed by atoms with Gasteiger partial charge in [-0.3, -0.25) is 9.89 Å². The molecule has 0 radical (unpaired) electrons. The van der Waals surface area contributed by atoms with E-state index in [4.69, 9.17) is 14.8 Å². The zero-order chi connectivity index (χ0) is 20.0. The summed E-state index contributed by atoms with van der Waals surface area (Å²) in [6.07, 6.45) is 0.762. The zero-order valence-electron chi connectivity index (χ0n) is 16.6. The van der Waals surface area contributed by atoms with E-state index in [1.54, 1.807) is 0 Å². The molecule has 0 bridgehead atoms. The van der Waals surface area contributed by atoms with Crippen molar-refractivity contribution in [2.24, 2.45) is 5.92 Å². The number of aromatic amines is 1. The zero-order valence-corrected chi connectivity index (χ0v) is 16.6. The Hall–Kier alpha value is -3.00. The topological polar surface area (TPSA) is 88.9 Å². The number of benzene rings is 1. The molecule has 5 rings (SSSR count). The van der Waals surface area contributed by atoms with E-state index in [0.717, 1.165) is 29.1 Å². The quantitative estimate of drug-likeness (QED) is 0.740. The van der Waals surface area contributed by atoms with Gasteiger partial charge in [0.05, 0.1) is 25.8 Å². The number of aromatic nitrogens is 5. The van der Waals surface area contributed by atoms with E-state index in [9.17, 15) is 4.79 Å². The van der Waals surface area contributed by atoms with Gasteiger partial charge in [0.25, 0.3) is 5.91 Å². The molecule has 8 heteroatoms. The minimum atomic E-state index is -0.155. The van der Waals surface area contributed by atoms with E-state index >= 15 is 0 Å². The molecule has 0 spiro atoms. The van der Waals surface area contributed by atoms with E-state index in [1.807, 2.05) is 39.9 Å². The third-order valence-corrected chi connectivity index (χ3v) is 5.68. The van der Waals surface area contributed by atoms with Crippen LogP contribution in [0, 0.1) is 5.92 Å². The molecule has 4 heterocycles. The lowest BCUT2D eigenvalue weighted by Gasteiger charge is -2.37. The second-order valence-electron chi connectivity index (χ2n) is 7.90. The van der Waals surface area contributed by atoms with Crippen LogP contribution in [0.1, 0.15) is 47.5 Å². The van der Waals surface area contributed by atoms with Crippen LogP contribution in [0.4, 0.5) is 0 Å². The molecule has 1 N–H and O–H groups in total. The highest BCUT2D eigenvalue weighted by molar-refractivity contribution is 5.94. The Morgan fingerprint density at radius 2 is 2.07 bits per heavy atom. The molecule has 0 aliphatic carbocycles. The summed E-state index contributed by atoms with van der Waals surface area (Å²) in [5.74, 6) is 1.66. The number of rotatable bonds is 3. The summed E-state index contributed by atoms with van der Waals surface area (Å²) in [6, 6.07) is 9.79. The van der Waals surface area contributed by atoms with Crippen LogP contribution in [0.15, 0.2) is 30.3 Å². The Balaban J connectivity index is 1.51. The summed E-state index contributed by atoms with van der Waals surface area (Å²) >= 11 is 0. The highest BCUT2D eigenvalue weighted by Gasteiger charge is 2.38. The van der Waals surface area contributed by atoms with Gasteiger partial charge in [0, 0.05) is 29.8 Å². The molecule has 0 fully saturated rings. The van der Waals surface area contributed by atoms with E-state index in [1.165, 1.54) is 0 Å². The maximum absolute atomic E-state index is 13.5. The first-order valence-electron chi connectivity index (χ1n) is 10.1. The second kappa shape index (κ2) is 7.11. The van der Waals surface area contributed by atoms with Gasteiger partial charge >= 0.3 is 0 Å². The standard InChI is InChI=1S/C21H24N6O2/c1-13(2)18-20-22-19(14-6-4-3-5-7-14)25-27(20)10-9-26(18)21(28)17-15-12-29-11-8-16(15)23-24-17/h3-7,13,18H,8-12H2,1-2H3,(H,23,24)/t18-/m0/s1. The molecule has 2 aliphatic heterocycles. The lowest BCUT2D eigenvalue weighted by Crippen LogP contribution is -2.45. The number of hydrogen-bond donors (Lipinski definition) is 1. The number of fused-ring (bicyclic) bond motifs is 2. The van der Waals surface area contributed by atoms with E-state index < -0.39 is 0 Å². The van der Waals surface area contributed by atoms with Gasteiger partial charge in [-0.15, -0.1) is 0 Å². The molecule has 29 heavy (non-hydrogen) atoms. The number of carbonyl (C=O) groups excluding carboxylic acids is 1. The average molecular weight is 392 g/mol. The van der Waals surface area contributed by atoms with E-state index in [2.05, 4.69) is 24.0 Å². The molecule has 3 aromatic rings. The fourth-order valence-electron chi connectivity index (χ4n) is 4.24. The summed E-state index contributed by atoms with van der Waals surface area (Å²) in [4.78, 5) is 20.2. The first-order chi connectivity index (χ1) is 14.1. The Bertz CT molecular complexity index is 1040. The molecule has 8 nitrogen and oxygen atoms in total. The molecule has 150 valence electrons.